The van der Waals surface area contributed by atoms with Crippen molar-refractivity contribution in [3.63, 3.8) is 0 Å². The van der Waals surface area contributed by atoms with Crippen molar-refractivity contribution in [1.29, 1.82) is 5.26 Å². The van der Waals surface area contributed by atoms with Gasteiger partial charge in [0, 0.05) is 11.8 Å². The predicted molar refractivity (Wildman–Crippen MR) is 66.8 cm³/mol. The van der Waals surface area contributed by atoms with Crippen LogP contribution in [0.3, 0.4) is 0 Å². The Kier molecular flexibility index (Phi) is 3.24. The first-order valence-electron chi connectivity index (χ1n) is 5.62. The molecule has 6 nitrogen and oxygen atoms in total. The van der Waals surface area contributed by atoms with Gasteiger partial charge in [-0.3, -0.25) is 5.10 Å². The summed E-state index contributed by atoms with van der Waals surface area (Å²) < 4.78 is 0. The molecule has 0 fully saturated rings. The SMILES string of the molecule is Cc1nnc(NC(C)c2cn[nH]c2)c(C#N)c1C. The quantitative estimate of drug-likeness (QED) is 0.857. The Hall–Kier alpha value is -2.42. The number of anilines is 1. The van der Waals surface area contributed by atoms with E-state index in [9.17, 15) is 5.26 Å². The van der Waals surface area contributed by atoms with Gasteiger partial charge in [0.2, 0.25) is 0 Å². The van der Waals surface area contributed by atoms with Crippen LogP contribution in [-0.2, 0) is 0 Å². The number of H-pyrrole nitrogens is 1. The van der Waals surface area contributed by atoms with Crippen LogP contribution < -0.4 is 5.32 Å². The van der Waals surface area contributed by atoms with Crippen LogP contribution in [0.4, 0.5) is 5.82 Å². The molecule has 0 amide bonds. The van der Waals surface area contributed by atoms with E-state index < -0.39 is 0 Å². The lowest BCUT2D eigenvalue weighted by atomic mass is 10.1. The van der Waals surface area contributed by atoms with Gasteiger partial charge in [-0.05, 0) is 26.3 Å². The molecule has 2 heterocycles. The van der Waals surface area contributed by atoms with Crippen molar-refractivity contribution >= 4 is 5.82 Å². The van der Waals surface area contributed by atoms with Crippen LogP contribution in [-0.4, -0.2) is 20.4 Å². The summed E-state index contributed by atoms with van der Waals surface area (Å²) in [4.78, 5) is 0. The van der Waals surface area contributed by atoms with Crippen molar-refractivity contribution in [3.8, 4) is 6.07 Å². The van der Waals surface area contributed by atoms with Gasteiger partial charge < -0.3 is 5.32 Å². The highest BCUT2D eigenvalue weighted by Crippen LogP contribution is 2.22. The Morgan fingerprint density at radius 1 is 1.39 bits per heavy atom. The zero-order chi connectivity index (χ0) is 13.1. The molecule has 6 heteroatoms. The van der Waals surface area contributed by atoms with Gasteiger partial charge >= 0.3 is 0 Å². The molecule has 2 aromatic heterocycles. The molecular weight excluding hydrogens is 228 g/mol. The number of hydrogen-bond acceptors (Lipinski definition) is 5. The first-order chi connectivity index (χ1) is 8.63. The van der Waals surface area contributed by atoms with Crippen LogP contribution in [0, 0.1) is 25.2 Å². The normalized spacial score (nSPS) is 11.9. The van der Waals surface area contributed by atoms with Crippen LogP contribution in [0.25, 0.3) is 0 Å². The summed E-state index contributed by atoms with van der Waals surface area (Å²) in [6.07, 6.45) is 3.54. The summed E-state index contributed by atoms with van der Waals surface area (Å²) >= 11 is 0. The number of aromatic amines is 1. The molecule has 0 bridgehead atoms. The lowest BCUT2D eigenvalue weighted by Crippen LogP contribution is -2.11. The number of rotatable bonds is 3. The van der Waals surface area contributed by atoms with Gasteiger partial charge in [0.1, 0.15) is 11.6 Å². The fourth-order valence-electron chi connectivity index (χ4n) is 1.63. The van der Waals surface area contributed by atoms with Crippen molar-refractivity contribution in [1.82, 2.24) is 20.4 Å². The molecule has 0 aromatic carbocycles. The van der Waals surface area contributed by atoms with E-state index in [1.165, 1.54) is 0 Å². The van der Waals surface area contributed by atoms with E-state index in [0.29, 0.717) is 11.4 Å². The van der Waals surface area contributed by atoms with Gasteiger partial charge in [-0.15, -0.1) is 5.10 Å². The summed E-state index contributed by atoms with van der Waals surface area (Å²) in [5, 5.41) is 27.1. The lowest BCUT2D eigenvalue weighted by molar-refractivity contribution is 0.850. The second-order valence-corrected chi connectivity index (χ2v) is 4.14. The number of nitrogens with one attached hydrogen (secondary N) is 2. The molecule has 0 spiro atoms. The topological polar surface area (TPSA) is 90.3 Å². The van der Waals surface area contributed by atoms with E-state index in [-0.39, 0.29) is 6.04 Å². The maximum Gasteiger partial charge on any atom is 0.167 e. The van der Waals surface area contributed by atoms with E-state index in [2.05, 4.69) is 31.8 Å². The largest absolute Gasteiger partial charge is 0.361 e. The zero-order valence-electron chi connectivity index (χ0n) is 10.5. The fourth-order valence-corrected chi connectivity index (χ4v) is 1.63. The first-order valence-corrected chi connectivity index (χ1v) is 5.62. The first kappa shape index (κ1) is 12.0. The van der Waals surface area contributed by atoms with Gasteiger partial charge in [0.25, 0.3) is 0 Å². The molecule has 0 aliphatic heterocycles. The monoisotopic (exact) mass is 242 g/mol. The van der Waals surface area contributed by atoms with Crippen molar-refractivity contribution in [2.24, 2.45) is 0 Å². The Morgan fingerprint density at radius 3 is 2.78 bits per heavy atom. The third-order valence-corrected chi connectivity index (χ3v) is 2.94. The molecular formula is C12H14N6. The second kappa shape index (κ2) is 4.84. The van der Waals surface area contributed by atoms with E-state index in [0.717, 1.165) is 16.8 Å². The van der Waals surface area contributed by atoms with Gasteiger partial charge in [-0.1, -0.05) is 0 Å². The van der Waals surface area contributed by atoms with Gasteiger partial charge in [-0.25, -0.2) is 0 Å². The number of nitriles is 1. The second-order valence-electron chi connectivity index (χ2n) is 4.14. The average molecular weight is 242 g/mol. The highest BCUT2D eigenvalue weighted by Gasteiger charge is 2.14. The van der Waals surface area contributed by atoms with E-state index >= 15 is 0 Å². The molecule has 2 N–H and O–H groups in total. The average Bonchev–Trinajstić information content (AvgIpc) is 2.88. The Labute approximate surface area is 105 Å². The number of aromatic nitrogens is 4. The van der Waals surface area contributed by atoms with Crippen molar-refractivity contribution in [2.75, 3.05) is 5.32 Å². The van der Waals surface area contributed by atoms with Crippen LogP contribution in [0.2, 0.25) is 0 Å². The van der Waals surface area contributed by atoms with Crippen LogP contribution in [0.15, 0.2) is 12.4 Å². The molecule has 1 unspecified atom stereocenters. The highest BCUT2D eigenvalue weighted by atomic mass is 15.2. The van der Waals surface area contributed by atoms with Crippen LogP contribution in [0.5, 0.6) is 0 Å². The van der Waals surface area contributed by atoms with E-state index in [4.69, 9.17) is 0 Å². The lowest BCUT2D eigenvalue weighted by Gasteiger charge is -2.14. The summed E-state index contributed by atoms with van der Waals surface area (Å²) in [5.41, 5.74) is 3.17. The number of aryl methyl sites for hydroxylation is 1. The molecule has 0 aliphatic rings. The fraction of sp³-hybridized carbons (Fsp3) is 0.333. The molecule has 0 saturated carbocycles. The molecule has 1 atom stereocenters. The maximum absolute atomic E-state index is 9.19. The summed E-state index contributed by atoms with van der Waals surface area (Å²) in [5.74, 6) is 0.509. The zero-order valence-corrected chi connectivity index (χ0v) is 10.5. The maximum atomic E-state index is 9.19. The van der Waals surface area contributed by atoms with Crippen molar-refractivity contribution in [3.05, 3.63) is 34.8 Å². The number of nitrogens with zero attached hydrogens (tertiary/aromatic N) is 4. The smallest absolute Gasteiger partial charge is 0.167 e. The Morgan fingerprint density at radius 2 is 2.17 bits per heavy atom. The summed E-state index contributed by atoms with van der Waals surface area (Å²) in [6.45, 7) is 5.69. The molecule has 92 valence electrons. The molecule has 2 rings (SSSR count). The van der Waals surface area contributed by atoms with Crippen molar-refractivity contribution < 1.29 is 0 Å². The Balaban J connectivity index is 2.30. The standard InChI is InChI=1S/C12H14N6/c1-7-8(2)17-18-12(11(7)4-13)16-9(3)10-5-14-15-6-10/h5-6,9H,1-3H3,(H,14,15)(H,16,18). The van der Waals surface area contributed by atoms with E-state index in [1.807, 2.05) is 20.8 Å². The molecule has 2 aromatic rings. The van der Waals surface area contributed by atoms with Crippen LogP contribution >= 0.6 is 0 Å². The van der Waals surface area contributed by atoms with Crippen LogP contribution in [0.1, 0.15) is 35.3 Å². The van der Waals surface area contributed by atoms with Crippen molar-refractivity contribution in [2.45, 2.75) is 26.8 Å². The minimum absolute atomic E-state index is 0.00672. The molecule has 18 heavy (non-hydrogen) atoms. The minimum atomic E-state index is 0.00672. The van der Waals surface area contributed by atoms with Gasteiger partial charge in [0.15, 0.2) is 5.82 Å². The highest BCUT2D eigenvalue weighted by molar-refractivity contribution is 5.56. The summed E-state index contributed by atoms with van der Waals surface area (Å²) in [6, 6.07) is 2.17. The molecule has 0 saturated heterocycles. The Bertz CT molecular complexity index is 581. The summed E-state index contributed by atoms with van der Waals surface area (Å²) in [7, 11) is 0. The van der Waals surface area contributed by atoms with E-state index in [1.54, 1.807) is 12.4 Å². The number of hydrogen-bond donors (Lipinski definition) is 2. The van der Waals surface area contributed by atoms with Gasteiger partial charge in [0.05, 0.1) is 17.9 Å². The predicted octanol–water partition coefficient (Wildman–Crippen LogP) is 1.86. The molecule has 0 aliphatic carbocycles. The minimum Gasteiger partial charge on any atom is -0.361 e. The third kappa shape index (κ3) is 2.15. The van der Waals surface area contributed by atoms with Gasteiger partial charge in [-0.2, -0.15) is 15.5 Å². The third-order valence-electron chi connectivity index (χ3n) is 2.94. The molecule has 0 radical (unpaired) electrons.